The highest BCUT2D eigenvalue weighted by atomic mass is 16.5. The highest BCUT2D eigenvalue weighted by Gasteiger charge is 2.45. The van der Waals surface area contributed by atoms with Crippen molar-refractivity contribution in [3.63, 3.8) is 0 Å². The molecule has 0 bridgehead atoms. The number of benzene rings is 2. The van der Waals surface area contributed by atoms with Gasteiger partial charge in [-0.2, -0.15) is 0 Å². The Hall–Kier alpha value is -2.97. The molecule has 8 heteroatoms. The second-order valence-corrected chi connectivity index (χ2v) is 7.08. The second kappa shape index (κ2) is 5.51. The van der Waals surface area contributed by atoms with E-state index in [1.54, 1.807) is 0 Å². The smallest absolute Gasteiger partial charge is 0.205 e. The number of aliphatic hydroxyl groups excluding tert-OH is 1. The maximum atomic E-state index is 13.0. The molecule has 0 aliphatic carbocycles. The van der Waals surface area contributed by atoms with Crippen molar-refractivity contribution < 1.29 is 34.3 Å². The topological polar surface area (TPSA) is 130 Å². The largest absolute Gasteiger partial charge is 0.507 e. The van der Waals surface area contributed by atoms with Gasteiger partial charge in [-0.3, -0.25) is 4.79 Å². The van der Waals surface area contributed by atoms with Crippen molar-refractivity contribution in [2.45, 2.75) is 31.7 Å². The van der Waals surface area contributed by atoms with E-state index in [4.69, 9.17) is 13.9 Å². The molecular weight excluding hydrogens is 356 g/mol. The van der Waals surface area contributed by atoms with Crippen LogP contribution in [0.4, 0.5) is 0 Å². The molecule has 2 atom stereocenters. The number of ether oxygens (including phenoxy) is 2. The summed E-state index contributed by atoms with van der Waals surface area (Å²) in [6, 6.07) is 3.78. The van der Waals surface area contributed by atoms with Gasteiger partial charge in [0, 0.05) is 5.56 Å². The first-order chi connectivity index (χ1) is 12.6. The van der Waals surface area contributed by atoms with E-state index in [0.29, 0.717) is 0 Å². The number of aromatic hydroxyl groups is 2. The lowest BCUT2D eigenvalue weighted by Crippen LogP contribution is -2.41. The van der Waals surface area contributed by atoms with Gasteiger partial charge in [0.2, 0.25) is 11.2 Å². The lowest BCUT2D eigenvalue weighted by atomic mass is 9.94. The summed E-state index contributed by atoms with van der Waals surface area (Å²) in [5, 5.41) is 40.8. The zero-order valence-corrected chi connectivity index (χ0v) is 14.8. The van der Waals surface area contributed by atoms with Gasteiger partial charge in [-0.05, 0) is 32.0 Å². The van der Waals surface area contributed by atoms with Crippen LogP contribution in [-0.4, -0.2) is 39.2 Å². The van der Waals surface area contributed by atoms with Crippen LogP contribution in [0.25, 0.3) is 21.9 Å². The molecule has 4 N–H and O–H groups in total. The minimum atomic E-state index is -1.37. The Kier molecular flexibility index (Phi) is 3.56. The Morgan fingerprint density at radius 2 is 1.81 bits per heavy atom. The molecule has 2 unspecified atom stereocenters. The first-order valence-electron chi connectivity index (χ1n) is 8.24. The third kappa shape index (κ3) is 2.34. The van der Waals surface area contributed by atoms with E-state index in [9.17, 15) is 25.2 Å². The number of phenolic OH excluding ortho intramolecular Hbond substituents is 2. The summed E-state index contributed by atoms with van der Waals surface area (Å²) in [4.78, 5) is 13.0. The van der Waals surface area contributed by atoms with Gasteiger partial charge in [0.15, 0.2) is 28.8 Å². The average Bonchev–Trinajstić information content (AvgIpc) is 2.93. The van der Waals surface area contributed by atoms with Crippen molar-refractivity contribution in [3.8, 4) is 23.0 Å². The molecule has 1 aliphatic rings. The maximum Gasteiger partial charge on any atom is 0.205 e. The minimum absolute atomic E-state index is 0.00162. The number of fused-ring (bicyclic) bond motifs is 3. The normalized spacial score (nSPS) is 19.3. The molecule has 4 rings (SSSR count). The summed E-state index contributed by atoms with van der Waals surface area (Å²) >= 11 is 0. The van der Waals surface area contributed by atoms with Crippen LogP contribution in [0.5, 0.6) is 23.0 Å². The van der Waals surface area contributed by atoms with Gasteiger partial charge >= 0.3 is 0 Å². The van der Waals surface area contributed by atoms with Crippen molar-refractivity contribution in [3.05, 3.63) is 34.0 Å². The fourth-order valence-electron chi connectivity index (χ4n) is 3.45. The highest BCUT2D eigenvalue weighted by molar-refractivity contribution is 5.98. The summed E-state index contributed by atoms with van der Waals surface area (Å²) in [7, 11) is 1.34. The molecule has 0 spiro atoms. The average molecular weight is 374 g/mol. The highest BCUT2D eigenvalue weighted by Crippen LogP contribution is 2.49. The SMILES string of the molecule is COc1c2c(cc3c(=O)c4c(O)ccc(O)c4oc13)C(O)C(C(C)(C)O)O2. The van der Waals surface area contributed by atoms with E-state index in [1.807, 2.05) is 0 Å². The summed E-state index contributed by atoms with van der Waals surface area (Å²) in [5.41, 5.74) is -1.90. The summed E-state index contributed by atoms with van der Waals surface area (Å²) < 4.78 is 16.8. The minimum Gasteiger partial charge on any atom is -0.507 e. The fraction of sp³-hybridized carbons (Fsp3) is 0.316. The molecule has 0 saturated heterocycles. The van der Waals surface area contributed by atoms with E-state index >= 15 is 0 Å². The standard InChI is InChI=1S/C19H18O8/c1-19(2,24)18-13(23)8-6-7-12(22)11-9(20)4-5-10(21)16(11)26-14(7)17(25-3)15(8)27-18/h4-6,13,18,20-21,23-24H,1-3H3. The maximum absolute atomic E-state index is 13.0. The molecule has 2 heterocycles. The number of methoxy groups -OCH3 is 1. The van der Waals surface area contributed by atoms with Gasteiger partial charge in [-0.25, -0.2) is 0 Å². The van der Waals surface area contributed by atoms with Crippen molar-refractivity contribution in [1.82, 2.24) is 0 Å². The first-order valence-corrected chi connectivity index (χ1v) is 8.24. The zero-order valence-electron chi connectivity index (χ0n) is 14.8. The van der Waals surface area contributed by atoms with Crippen LogP contribution in [0.2, 0.25) is 0 Å². The molecule has 27 heavy (non-hydrogen) atoms. The quantitative estimate of drug-likeness (QED) is 0.395. The molecule has 0 radical (unpaired) electrons. The fourth-order valence-corrected chi connectivity index (χ4v) is 3.45. The van der Waals surface area contributed by atoms with E-state index in [1.165, 1.54) is 39.2 Å². The van der Waals surface area contributed by atoms with Crippen LogP contribution >= 0.6 is 0 Å². The van der Waals surface area contributed by atoms with Crippen LogP contribution in [0.1, 0.15) is 25.5 Å². The molecule has 8 nitrogen and oxygen atoms in total. The third-order valence-corrected chi connectivity index (χ3v) is 4.76. The molecule has 2 aromatic carbocycles. The predicted octanol–water partition coefficient (Wildman–Crippen LogP) is 1.93. The van der Waals surface area contributed by atoms with Gasteiger partial charge in [-0.15, -0.1) is 0 Å². The monoisotopic (exact) mass is 374 g/mol. The Bertz CT molecular complexity index is 1140. The molecule has 0 saturated carbocycles. The lowest BCUT2D eigenvalue weighted by molar-refractivity contribution is -0.0766. The second-order valence-electron chi connectivity index (χ2n) is 7.08. The predicted molar refractivity (Wildman–Crippen MR) is 95.5 cm³/mol. The van der Waals surface area contributed by atoms with Crippen molar-refractivity contribution in [1.29, 1.82) is 0 Å². The Balaban J connectivity index is 2.13. The van der Waals surface area contributed by atoms with Crippen molar-refractivity contribution in [2.75, 3.05) is 7.11 Å². The first kappa shape index (κ1) is 17.4. The van der Waals surface area contributed by atoms with E-state index in [2.05, 4.69) is 0 Å². The van der Waals surface area contributed by atoms with Gasteiger partial charge in [0.25, 0.3) is 0 Å². The summed E-state index contributed by atoms with van der Waals surface area (Å²) in [6.07, 6.45) is -2.18. The molecule has 3 aromatic rings. The molecule has 1 aliphatic heterocycles. The lowest BCUT2D eigenvalue weighted by Gasteiger charge is -2.27. The van der Waals surface area contributed by atoms with E-state index in [-0.39, 0.29) is 50.5 Å². The summed E-state index contributed by atoms with van der Waals surface area (Å²) in [6.45, 7) is 2.99. The third-order valence-electron chi connectivity index (χ3n) is 4.76. The van der Waals surface area contributed by atoms with Gasteiger partial charge in [-0.1, -0.05) is 0 Å². The molecule has 1 aromatic heterocycles. The van der Waals surface area contributed by atoms with Crippen LogP contribution in [-0.2, 0) is 0 Å². The number of phenols is 2. The van der Waals surface area contributed by atoms with Crippen LogP contribution in [0.3, 0.4) is 0 Å². The number of hydrogen-bond acceptors (Lipinski definition) is 8. The van der Waals surface area contributed by atoms with E-state index in [0.717, 1.165) is 0 Å². The van der Waals surface area contributed by atoms with Crippen LogP contribution in [0.15, 0.2) is 27.4 Å². The number of aliphatic hydroxyl groups is 2. The Labute approximate surface area is 152 Å². The van der Waals surface area contributed by atoms with Crippen LogP contribution < -0.4 is 14.9 Å². The molecular formula is C19H18O8. The van der Waals surface area contributed by atoms with Crippen molar-refractivity contribution >= 4 is 21.9 Å². The number of rotatable bonds is 2. The van der Waals surface area contributed by atoms with Crippen molar-refractivity contribution in [2.24, 2.45) is 0 Å². The molecule has 142 valence electrons. The van der Waals surface area contributed by atoms with Gasteiger partial charge in [0.05, 0.1) is 18.1 Å². The number of hydrogen-bond donors (Lipinski definition) is 4. The Morgan fingerprint density at radius 1 is 1.15 bits per heavy atom. The van der Waals surface area contributed by atoms with Gasteiger partial charge < -0.3 is 34.3 Å². The Morgan fingerprint density at radius 3 is 2.44 bits per heavy atom. The molecule has 0 amide bonds. The van der Waals surface area contributed by atoms with Crippen LogP contribution in [0, 0.1) is 0 Å². The molecule has 0 fully saturated rings. The van der Waals surface area contributed by atoms with Gasteiger partial charge in [0.1, 0.15) is 17.2 Å². The van der Waals surface area contributed by atoms with E-state index < -0.39 is 23.2 Å². The summed E-state index contributed by atoms with van der Waals surface area (Å²) in [5.74, 6) is -0.467. The zero-order chi connectivity index (χ0) is 19.7.